The van der Waals surface area contributed by atoms with Crippen molar-refractivity contribution in [1.82, 2.24) is 10.2 Å². The minimum Gasteiger partial charge on any atom is -0.253 e. The van der Waals surface area contributed by atoms with Crippen molar-refractivity contribution in [3.63, 3.8) is 0 Å². The van der Waals surface area contributed by atoms with Crippen LogP contribution in [0.2, 0.25) is 0 Å². The quantitative estimate of drug-likeness (QED) is 0.916. The molecular weight excluding hydrogens is 306 g/mol. The molecule has 0 fully saturated rings. The van der Waals surface area contributed by atoms with Crippen LogP contribution in [0.3, 0.4) is 0 Å². The lowest BCUT2D eigenvalue weighted by Gasteiger charge is -2.10. The maximum atomic E-state index is 12.5. The van der Waals surface area contributed by atoms with Gasteiger partial charge in [0.1, 0.15) is 5.01 Å². The summed E-state index contributed by atoms with van der Waals surface area (Å²) < 4.78 is 27.5. The largest absolute Gasteiger partial charge is 0.263 e. The van der Waals surface area contributed by atoms with Crippen LogP contribution >= 0.6 is 11.3 Å². The first kappa shape index (κ1) is 15.9. The van der Waals surface area contributed by atoms with Crippen LogP contribution in [0.5, 0.6) is 0 Å². The molecular formula is C14H19N3O2S2. The van der Waals surface area contributed by atoms with Crippen molar-refractivity contribution in [3.8, 4) is 0 Å². The summed E-state index contributed by atoms with van der Waals surface area (Å²) in [6, 6.07) is 3.58. The Labute approximate surface area is 129 Å². The Balaban J connectivity index is 2.31. The van der Waals surface area contributed by atoms with Crippen molar-refractivity contribution in [1.29, 1.82) is 0 Å². The summed E-state index contributed by atoms with van der Waals surface area (Å²) in [6.07, 6.45) is 1.76. The smallest absolute Gasteiger partial charge is 0.253 e. The Bertz CT molecular complexity index is 752. The zero-order chi connectivity index (χ0) is 15.6. The van der Waals surface area contributed by atoms with Gasteiger partial charge in [0.15, 0.2) is 0 Å². The van der Waals surface area contributed by atoms with Gasteiger partial charge in [0.05, 0.1) is 4.90 Å². The molecule has 0 saturated heterocycles. The average Bonchev–Trinajstić information content (AvgIpc) is 2.80. The molecule has 0 radical (unpaired) electrons. The normalized spacial score (nSPS) is 11.6. The fourth-order valence-electron chi connectivity index (χ4n) is 2.00. The topological polar surface area (TPSA) is 72.0 Å². The first-order chi connectivity index (χ1) is 9.83. The van der Waals surface area contributed by atoms with E-state index >= 15 is 0 Å². The number of sulfonamides is 1. The van der Waals surface area contributed by atoms with Crippen molar-refractivity contribution in [2.24, 2.45) is 0 Å². The molecule has 1 aromatic heterocycles. The molecule has 114 valence electrons. The van der Waals surface area contributed by atoms with Gasteiger partial charge in [-0.2, -0.15) is 0 Å². The predicted octanol–water partition coefficient (Wildman–Crippen LogP) is 3.22. The Hall–Kier alpha value is -1.47. The van der Waals surface area contributed by atoms with Gasteiger partial charge in [-0.1, -0.05) is 24.3 Å². The van der Waals surface area contributed by atoms with Crippen LogP contribution in [-0.4, -0.2) is 18.6 Å². The van der Waals surface area contributed by atoms with Gasteiger partial charge in [-0.25, -0.2) is 8.42 Å². The van der Waals surface area contributed by atoms with Crippen LogP contribution in [0.15, 0.2) is 17.0 Å². The molecule has 0 aliphatic heterocycles. The molecule has 5 nitrogen and oxygen atoms in total. The summed E-state index contributed by atoms with van der Waals surface area (Å²) in [6.45, 7) is 7.71. The fraction of sp³-hybridized carbons (Fsp3) is 0.429. The third-order valence-corrected chi connectivity index (χ3v) is 5.74. The number of nitrogens with one attached hydrogen (secondary N) is 1. The van der Waals surface area contributed by atoms with E-state index in [0.717, 1.165) is 34.5 Å². The highest BCUT2D eigenvalue weighted by Gasteiger charge is 2.19. The van der Waals surface area contributed by atoms with Gasteiger partial charge in [-0.15, -0.1) is 10.2 Å². The van der Waals surface area contributed by atoms with Crippen molar-refractivity contribution < 1.29 is 8.42 Å². The predicted molar refractivity (Wildman–Crippen MR) is 85.4 cm³/mol. The second-order valence-electron chi connectivity index (χ2n) is 5.06. The van der Waals surface area contributed by atoms with Crippen molar-refractivity contribution in [3.05, 3.63) is 33.8 Å². The summed E-state index contributed by atoms with van der Waals surface area (Å²) in [5.74, 6) is 0. The standard InChI is InChI=1S/C14H19N3O2S2/c1-5-6-13-15-16-14(20-13)17-21(18,19)12-8-10(3)9(2)7-11(12)4/h7-8H,5-6H2,1-4H3,(H,16,17). The SMILES string of the molecule is CCCc1nnc(NS(=O)(=O)c2cc(C)c(C)cc2C)s1. The lowest BCUT2D eigenvalue weighted by Crippen LogP contribution is -2.14. The summed E-state index contributed by atoms with van der Waals surface area (Å²) >= 11 is 1.28. The molecule has 0 amide bonds. The highest BCUT2D eigenvalue weighted by atomic mass is 32.2. The third kappa shape index (κ3) is 3.59. The Kier molecular flexibility index (Phi) is 4.63. The molecule has 2 aromatic rings. The van der Waals surface area contributed by atoms with E-state index in [-0.39, 0.29) is 4.90 Å². The van der Waals surface area contributed by atoms with Gasteiger partial charge in [0.25, 0.3) is 10.0 Å². The molecule has 0 spiro atoms. The number of anilines is 1. The number of rotatable bonds is 5. The van der Waals surface area contributed by atoms with E-state index in [4.69, 9.17) is 0 Å². The van der Waals surface area contributed by atoms with E-state index in [1.807, 2.05) is 26.8 Å². The molecule has 0 bridgehead atoms. The lowest BCUT2D eigenvalue weighted by molar-refractivity contribution is 0.600. The number of hydrogen-bond donors (Lipinski definition) is 1. The van der Waals surface area contributed by atoms with Crippen LogP contribution in [0, 0.1) is 20.8 Å². The molecule has 0 saturated carbocycles. The average molecular weight is 325 g/mol. The van der Waals surface area contributed by atoms with Gasteiger partial charge < -0.3 is 0 Å². The van der Waals surface area contributed by atoms with Gasteiger partial charge in [0.2, 0.25) is 5.13 Å². The highest BCUT2D eigenvalue weighted by Crippen LogP contribution is 2.24. The van der Waals surface area contributed by atoms with Crippen LogP contribution in [0.25, 0.3) is 0 Å². The van der Waals surface area contributed by atoms with Crippen LogP contribution in [-0.2, 0) is 16.4 Å². The highest BCUT2D eigenvalue weighted by molar-refractivity contribution is 7.93. The van der Waals surface area contributed by atoms with Crippen LogP contribution in [0.4, 0.5) is 5.13 Å². The molecule has 0 aliphatic rings. The van der Waals surface area contributed by atoms with Crippen molar-refractivity contribution in [2.75, 3.05) is 4.72 Å². The molecule has 2 rings (SSSR count). The Morgan fingerprint density at radius 3 is 2.43 bits per heavy atom. The summed E-state index contributed by atoms with van der Waals surface area (Å²) in [7, 11) is -3.63. The van der Waals surface area contributed by atoms with Crippen molar-refractivity contribution >= 4 is 26.5 Å². The van der Waals surface area contributed by atoms with E-state index in [2.05, 4.69) is 14.9 Å². The second-order valence-corrected chi connectivity index (χ2v) is 7.77. The third-order valence-electron chi connectivity index (χ3n) is 3.23. The second kappa shape index (κ2) is 6.11. The van der Waals surface area contributed by atoms with Gasteiger partial charge in [-0.05, 0) is 49.9 Å². The first-order valence-corrected chi connectivity index (χ1v) is 9.06. The number of nitrogens with zero attached hydrogens (tertiary/aromatic N) is 2. The van der Waals surface area contributed by atoms with Crippen LogP contribution in [0.1, 0.15) is 35.0 Å². The van der Waals surface area contributed by atoms with Gasteiger partial charge in [0, 0.05) is 6.42 Å². The first-order valence-electron chi connectivity index (χ1n) is 6.76. The maximum absolute atomic E-state index is 12.5. The van der Waals surface area contributed by atoms with E-state index in [1.54, 1.807) is 13.0 Å². The summed E-state index contributed by atoms with van der Waals surface area (Å²) in [4.78, 5) is 0.290. The number of aryl methyl sites for hydroxylation is 4. The van der Waals surface area contributed by atoms with E-state index < -0.39 is 10.0 Å². The Morgan fingerprint density at radius 1 is 1.10 bits per heavy atom. The monoisotopic (exact) mass is 325 g/mol. The summed E-state index contributed by atoms with van der Waals surface area (Å²) in [5, 5.41) is 9.03. The maximum Gasteiger partial charge on any atom is 0.263 e. The molecule has 0 aliphatic carbocycles. The molecule has 0 unspecified atom stereocenters. The molecule has 1 heterocycles. The number of benzene rings is 1. The molecule has 1 aromatic carbocycles. The van der Waals surface area contributed by atoms with Crippen molar-refractivity contribution in [2.45, 2.75) is 45.4 Å². The molecule has 1 N–H and O–H groups in total. The van der Waals surface area contributed by atoms with E-state index in [1.165, 1.54) is 11.3 Å². The zero-order valence-corrected chi connectivity index (χ0v) is 14.2. The van der Waals surface area contributed by atoms with Gasteiger partial charge in [-0.3, -0.25) is 4.72 Å². The Morgan fingerprint density at radius 2 is 1.76 bits per heavy atom. The van der Waals surface area contributed by atoms with Gasteiger partial charge >= 0.3 is 0 Å². The fourth-order valence-corrected chi connectivity index (χ4v) is 4.39. The summed E-state index contributed by atoms with van der Waals surface area (Å²) in [5.41, 5.74) is 2.75. The molecule has 21 heavy (non-hydrogen) atoms. The minimum absolute atomic E-state index is 0.290. The molecule has 0 atom stereocenters. The van der Waals surface area contributed by atoms with E-state index in [9.17, 15) is 8.42 Å². The number of aromatic nitrogens is 2. The lowest BCUT2D eigenvalue weighted by atomic mass is 10.1. The van der Waals surface area contributed by atoms with E-state index in [0.29, 0.717) is 5.13 Å². The zero-order valence-electron chi connectivity index (χ0n) is 12.6. The number of hydrogen-bond acceptors (Lipinski definition) is 5. The molecule has 7 heteroatoms. The minimum atomic E-state index is -3.63. The van der Waals surface area contributed by atoms with Crippen LogP contribution < -0.4 is 4.72 Å².